The van der Waals surface area contributed by atoms with Gasteiger partial charge in [-0.2, -0.15) is 0 Å². The number of aromatic nitrogens is 8. The van der Waals surface area contributed by atoms with E-state index < -0.39 is 0 Å². The number of para-hydroxylation sites is 8. The summed E-state index contributed by atoms with van der Waals surface area (Å²) < 4.78 is 21.7. The summed E-state index contributed by atoms with van der Waals surface area (Å²) in [6, 6.07) is 118. The van der Waals surface area contributed by atoms with Gasteiger partial charge in [0.1, 0.15) is 0 Å². The third kappa shape index (κ3) is 10.0. The summed E-state index contributed by atoms with van der Waals surface area (Å²) in [5.41, 5.74) is 25.8. The van der Waals surface area contributed by atoms with Gasteiger partial charge in [0.05, 0.1) is 44.1 Å². The Bertz CT molecular complexity index is 7710. The molecule has 0 aliphatic carbocycles. The lowest BCUT2D eigenvalue weighted by Gasteiger charge is -2.22. The Hall–Kier alpha value is -13.8. The van der Waals surface area contributed by atoms with Crippen molar-refractivity contribution in [2.75, 3.05) is 0 Å². The molecule has 25 rings (SSSR count). The van der Waals surface area contributed by atoms with Gasteiger partial charge in [-0.3, -0.25) is 0 Å². The molecule has 0 aliphatic heterocycles. The molecular weight excluding hydrogens is 1480 g/mol. The molecule has 0 bridgehead atoms. The van der Waals surface area contributed by atoms with Gasteiger partial charge in [0.25, 0.3) is 0 Å². The maximum absolute atomic E-state index is 2.77. The van der Waals surface area contributed by atoms with Gasteiger partial charge in [0.15, 0.2) is 0 Å². The van der Waals surface area contributed by atoms with Gasteiger partial charge in [0.2, 0.25) is 0 Å². The summed E-state index contributed by atoms with van der Waals surface area (Å²) in [6.45, 7) is 15.5. The molecule has 17 aromatic carbocycles. The van der Waals surface area contributed by atoms with Gasteiger partial charge < -0.3 is 36.5 Å². The molecule has 8 heteroatoms. The minimum Gasteiger partial charge on any atom is -0.340 e. The highest BCUT2D eigenvalue weighted by Crippen LogP contribution is 2.52. The highest BCUT2D eigenvalue weighted by Gasteiger charge is 2.31. The van der Waals surface area contributed by atoms with Crippen molar-refractivity contribution in [3.63, 3.8) is 0 Å². The van der Waals surface area contributed by atoms with Gasteiger partial charge in [-0.15, -0.1) is 0 Å². The smallest absolute Gasteiger partial charge is 0.0582 e. The fourth-order valence-corrected chi connectivity index (χ4v) is 23.2. The summed E-state index contributed by atoms with van der Waals surface area (Å²) in [7, 11) is 0. The van der Waals surface area contributed by atoms with Crippen molar-refractivity contribution in [2.24, 2.45) is 0 Å². The lowest BCUT2D eigenvalue weighted by molar-refractivity contribution is 0.666. The van der Waals surface area contributed by atoms with Gasteiger partial charge in [-0.05, 0) is 96.5 Å². The van der Waals surface area contributed by atoms with E-state index in [0.29, 0.717) is 26.2 Å². The Morgan fingerprint density at radius 1 is 0.156 bits per heavy atom. The van der Waals surface area contributed by atoms with Gasteiger partial charge in [0, 0.05) is 226 Å². The van der Waals surface area contributed by atoms with Crippen LogP contribution in [0.3, 0.4) is 0 Å². The Morgan fingerprint density at radius 2 is 0.287 bits per heavy atom. The van der Waals surface area contributed by atoms with E-state index >= 15 is 0 Å². The van der Waals surface area contributed by atoms with Crippen LogP contribution in [0.4, 0.5) is 0 Å². The van der Waals surface area contributed by atoms with E-state index in [1.165, 1.54) is 240 Å². The Kier molecular flexibility index (Phi) is 16.3. The van der Waals surface area contributed by atoms with Gasteiger partial charge in [-0.25, -0.2) is 0 Å². The molecule has 0 N–H and O–H groups in total. The average molecular weight is 1580 g/mol. The topological polar surface area (TPSA) is 39.4 Å². The Balaban J connectivity index is 0.835. The number of nitrogens with zero attached hydrogens (tertiary/aromatic N) is 8. The maximum Gasteiger partial charge on any atom is 0.0582 e. The predicted molar refractivity (Wildman–Crippen MR) is 522 cm³/mol. The van der Waals surface area contributed by atoms with E-state index in [-0.39, 0.29) is 0 Å². The number of hydrogen-bond acceptors (Lipinski definition) is 0. The van der Waals surface area contributed by atoms with Crippen molar-refractivity contribution in [3.05, 3.63) is 326 Å². The zero-order chi connectivity index (χ0) is 80.7. The first-order valence-electron chi connectivity index (χ1n) is 44.9. The molecule has 0 saturated heterocycles. The van der Waals surface area contributed by atoms with Crippen molar-refractivity contribution >= 4 is 218 Å². The molecule has 590 valence electrons. The van der Waals surface area contributed by atoms with E-state index in [0.717, 1.165) is 77.5 Å². The highest BCUT2D eigenvalue weighted by molar-refractivity contribution is 6.41. The van der Waals surface area contributed by atoms with Crippen molar-refractivity contribution in [3.8, 4) is 0 Å². The molecule has 8 heterocycles. The molecule has 0 aliphatic rings. The van der Waals surface area contributed by atoms with Gasteiger partial charge >= 0.3 is 0 Å². The lowest BCUT2D eigenvalue weighted by atomic mass is 9.96. The quantitative estimate of drug-likeness (QED) is 0.0730. The zero-order valence-corrected chi connectivity index (χ0v) is 69.8. The molecule has 8 nitrogen and oxygen atoms in total. The van der Waals surface area contributed by atoms with Gasteiger partial charge in [-0.1, -0.05) is 308 Å². The number of aryl methyl sites for hydroxylation is 4. The molecule has 0 atom stereocenters. The third-order valence-corrected chi connectivity index (χ3v) is 28.3. The van der Waals surface area contributed by atoms with Crippen LogP contribution in [0.5, 0.6) is 0 Å². The molecular formula is C114H94N8. The summed E-state index contributed by atoms with van der Waals surface area (Å²) in [6.07, 6.45) is 8.83. The van der Waals surface area contributed by atoms with E-state index in [4.69, 9.17) is 0 Å². The number of benzene rings is 17. The minimum absolute atomic E-state index is 0.609. The molecule has 0 unspecified atom stereocenters. The number of rotatable bonds is 20. The Morgan fingerprint density at radius 3 is 0.443 bits per heavy atom. The van der Waals surface area contributed by atoms with Crippen LogP contribution < -0.4 is 0 Å². The highest BCUT2D eigenvalue weighted by atomic mass is 15.0. The second-order valence-corrected chi connectivity index (χ2v) is 34.9. The normalized spacial score (nSPS) is 12.6. The lowest BCUT2D eigenvalue weighted by Crippen LogP contribution is -2.13. The molecule has 122 heavy (non-hydrogen) atoms. The fraction of sp³-hybridized carbons (Fsp3) is 0.175. The van der Waals surface area contributed by atoms with E-state index in [1.807, 2.05) is 0 Å². The van der Waals surface area contributed by atoms with Crippen LogP contribution >= 0.6 is 0 Å². The van der Waals surface area contributed by atoms with Crippen molar-refractivity contribution in [1.82, 2.24) is 36.5 Å². The first-order chi connectivity index (χ1) is 60.5. The second kappa shape index (κ2) is 27.9. The molecule has 0 radical (unpaired) electrons. The molecule has 0 fully saturated rings. The molecule has 25 aromatic rings. The van der Waals surface area contributed by atoms with Crippen molar-refractivity contribution < 1.29 is 0 Å². The van der Waals surface area contributed by atoms with Crippen molar-refractivity contribution in [2.45, 2.75) is 131 Å². The number of hydrogen-bond donors (Lipinski definition) is 0. The third-order valence-electron chi connectivity index (χ3n) is 28.3. The summed E-state index contributed by atoms with van der Waals surface area (Å²) >= 11 is 0. The van der Waals surface area contributed by atoms with E-state index in [2.05, 4.69) is 368 Å². The predicted octanol–water partition coefficient (Wildman–Crippen LogP) is 30.6. The zero-order valence-electron chi connectivity index (χ0n) is 69.8. The minimum atomic E-state index is 0.609. The average Bonchev–Trinajstić information content (AvgIpc) is 1.55. The molecule has 0 amide bonds. The standard InChI is InChI=1S/C114H94N8/c1-5-9-61-115-91-53-29-21-45-83(91)99-103-87-49-25-33-57-95(87)119(111(103)79-41-17-13-37-75(79)107(99)115)67-71-65-73(69-121-97-59-35-27-51-89(97)105-101-85-47-23-31-55-93(85)117(63-11-7-3)109(101)77-39-15-19-43-81(77)113(105)121)74(70-122-98-60-36-28-52-90(98)106-102-86-48-24-32-56-94(86)118(64-12-8-4)110(102)78-40-16-20-44-82(78)114(106)122)66-72(71)68-120-96-58-34-26-50-88(96)104-100-84-46-22-30-54-92(84)116(62-10-6-2)108(100)76-38-14-18-42-80(76)112(104)120/h13-60,65-66H,5-12,61-64,67-70H2,1-4H3. The monoisotopic (exact) mass is 1570 g/mol. The van der Waals surface area contributed by atoms with Crippen LogP contribution in [0.1, 0.15) is 101 Å². The maximum atomic E-state index is 2.77. The van der Waals surface area contributed by atoms with Crippen LogP contribution in [0.25, 0.3) is 218 Å². The summed E-state index contributed by atoms with van der Waals surface area (Å²) in [5.74, 6) is 0. The first kappa shape index (κ1) is 71.1. The number of fused-ring (bicyclic) bond motifs is 40. The largest absolute Gasteiger partial charge is 0.340 e. The Labute approximate surface area is 706 Å². The second-order valence-electron chi connectivity index (χ2n) is 34.9. The summed E-state index contributed by atoms with van der Waals surface area (Å²) in [5, 5.41) is 31.4. The van der Waals surface area contributed by atoms with Crippen LogP contribution in [-0.4, -0.2) is 36.5 Å². The molecule has 8 aromatic heterocycles. The van der Waals surface area contributed by atoms with Crippen LogP contribution in [-0.2, 0) is 52.4 Å². The van der Waals surface area contributed by atoms with Crippen LogP contribution in [0.2, 0.25) is 0 Å². The fourth-order valence-electron chi connectivity index (χ4n) is 23.2. The van der Waals surface area contributed by atoms with Crippen molar-refractivity contribution in [1.29, 1.82) is 0 Å². The van der Waals surface area contributed by atoms with Crippen LogP contribution in [0.15, 0.2) is 303 Å². The van der Waals surface area contributed by atoms with E-state index in [1.54, 1.807) is 0 Å². The van der Waals surface area contributed by atoms with E-state index in [9.17, 15) is 0 Å². The first-order valence-corrected chi connectivity index (χ1v) is 44.9. The SMILES string of the molecule is CCCCn1c2ccccc2c2c3c4ccccc4n(Cc4cc(Cn5c6ccccc6c6c7c8ccccc8n(CCCC)c7c7ccccc7c65)c(Cn5c6ccccc6c6c7c8ccccc8n(CCCC)c7c7ccccc7c65)cc4Cn4c5ccccc5c5c6c7ccccc7n(CCCC)c6c6ccccc6c54)c3c3ccccc3c21. The van der Waals surface area contributed by atoms with Crippen LogP contribution in [0, 0.1) is 0 Å². The molecule has 0 spiro atoms. The number of unbranched alkanes of at least 4 members (excludes halogenated alkanes) is 4. The molecule has 0 saturated carbocycles. The summed E-state index contributed by atoms with van der Waals surface area (Å²) in [4.78, 5) is 0.